The average Bonchev–Trinajstić information content (AvgIpc) is 2.34. The Morgan fingerprint density at radius 2 is 2.50 bits per heavy atom. The van der Waals surface area contributed by atoms with Crippen molar-refractivity contribution >= 4 is 12.2 Å². The third-order valence-corrected chi connectivity index (χ3v) is 1.37. The van der Waals surface area contributed by atoms with E-state index in [0.29, 0.717) is 5.82 Å². The zero-order valence-electron chi connectivity index (χ0n) is 5.75. The minimum atomic E-state index is -0.0968. The van der Waals surface area contributed by atoms with Crippen LogP contribution in [0.15, 0.2) is 4.52 Å². The summed E-state index contributed by atoms with van der Waals surface area (Å²) in [5, 5.41) is 2.54. The second kappa shape index (κ2) is 2.94. The van der Waals surface area contributed by atoms with Crippen LogP contribution in [-0.4, -0.2) is 17.3 Å². The highest BCUT2D eigenvalue weighted by Gasteiger charge is 2.06. The van der Waals surface area contributed by atoms with Crippen molar-refractivity contribution in [3.05, 3.63) is 10.7 Å². The Balaban J connectivity index is 2.84. The van der Waals surface area contributed by atoms with E-state index < -0.39 is 0 Å². The fourth-order valence-electron chi connectivity index (χ4n) is 0.525. The first-order valence-corrected chi connectivity index (χ1v) is 3.23. The molecular formula is C5H8N2O2S. The van der Waals surface area contributed by atoms with E-state index in [4.69, 9.17) is 4.74 Å². The summed E-state index contributed by atoms with van der Waals surface area (Å²) in [6.07, 6.45) is -0.0968. The lowest BCUT2D eigenvalue weighted by Crippen LogP contribution is -1.97. The zero-order chi connectivity index (χ0) is 7.56. The molecule has 0 aromatic carbocycles. The molecule has 0 fully saturated rings. The highest BCUT2D eigenvalue weighted by molar-refractivity contribution is 7.71. The Hall–Kier alpha value is -0.680. The van der Waals surface area contributed by atoms with Gasteiger partial charge >= 0.3 is 4.84 Å². The highest BCUT2D eigenvalue weighted by Crippen LogP contribution is 2.08. The average molecular weight is 160 g/mol. The molecule has 56 valence electrons. The number of hydrogen-bond donors (Lipinski definition) is 1. The van der Waals surface area contributed by atoms with Crippen LogP contribution >= 0.6 is 12.2 Å². The number of hydrogen-bond acceptors (Lipinski definition) is 4. The third kappa shape index (κ3) is 1.43. The fourth-order valence-corrected chi connectivity index (χ4v) is 0.665. The maximum absolute atomic E-state index is 4.95. The van der Waals surface area contributed by atoms with Crippen molar-refractivity contribution in [3.63, 3.8) is 0 Å². The van der Waals surface area contributed by atoms with Gasteiger partial charge in [0.15, 0.2) is 5.82 Å². The van der Waals surface area contributed by atoms with Gasteiger partial charge in [0.25, 0.3) is 0 Å². The maximum atomic E-state index is 4.95. The van der Waals surface area contributed by atoms with E-state index in [1.165, 1.54) is 0 Å². The summed E-state index contributed by atoms with van der Waals surface area (Å²) in [7, 11) is 1.59. The molecule has 0 saturated heterocycles. The number of rotatable bonds is 2. The molecule has 1 aromatic rings. The van der Waals surface area contributed by atoms with Crippen LogP contribution < -0.4 is 0 Å². The van der Waals surface area contributed by atoms with E-state index in [2.05, 4.69) is 26.9 Å². The lowest BCUT2D eigenvalue weighted by atomic mass is 10.4. The minimum absolute atomic E-state index is 0.0968. The van der Waals surface area contributed by atoms with Crippen LogP contribution in [0.3, 0.4) is 0 Å². The number of aromatic nitrogens is 2. The number of methoxy groups -OCH3 is 1. The monoisotopic (exact) mass is 160 g/mol. The van der Waals surface area contributed by atoms with Gasteiger partial charge in [-0.05, 0) is 19.1 Å². The predicted molar refractivity (Wildman–Crippen MR) is 37.1 cm³/mol. The summed E-state index contributed by atoms with van der Waals surface area (Å²) in [4.78, 5) is 4.06. The van der Waals surface area contributed by atoms with Crippen LogP contribution in [0.4, 0.5) is 0 Å². The van der Waals surface area contributed by atoms with Crippen molar-refractivity contribution in [2.24, 2.45) is 0 Å². The van der Waals surface area contributed by atoms with E-state index in [-0.39, 0.29) is 10.9 Å². The number of nitrogens with zero attached hydrogens (tertiary/aromatic N) is 1. The smallest absolute Gasteiger partial charge is 0.314 e. The Labute approximate surface area is 63.2 Å². The van der Waals surface area contributed by atoms with Gasteiger partial charge in [0.1, 0.15) is 6.10 Å². The van der Waals surface area contributed by atoms with Gasteiger partial charge in [-0.15, -0.1) is 0 Å². The lowest BCUT2D eigenvalue weighted by molar-refractivity contribution is 0.109. The Kier molecular flexibility index (Phi) is 2.18. The van der Waals surface area contributed by atoms with Gasteiger partial charge in [0.05, 0.1) is 0 Å². The van der Waals surface area contributed by atoms with Gasteiger partial charge in [0.2, 0.25) is 0 Å². The molecule has 0 bridgehead atoms. The Morgan fingerprint density at radius 3 is 2.90 bits per heavy atom. The zero-order valence-corrected chi connectivity index (χ0v) is 6.57. The van der Waals surface area contributed by atoms with E-state index in [1.54, 1.807) is 7.11 Å². The molecule has 1 N–H and O–H groups in total. The van der Waals surface area contributed by atoms with Crippen LogP contribution in [0.5, 0.6) is 0 Å². The summed E-state index contributed by atoms with van der Waals surface area (Å²) in [6.45, 7) is 1.85. The molecule has 0 saturated carbocycles. The number of ether oxygens (including phenoxy) is 1. The van der Waals surface area contributed by atoms with Crippen molar-refractivity contribution in [2.45, 2.75) is 13.0 Å². The van der Waals surface area contributed by atoms with Crippen molar-refractivity contribution in [1.29, 1.82) is 0 Å². The molecule has 0 aliphatic heterocycles. The van der Waals surface area contributed by atoms with Crippen molar-refractivity contribution < 1.29 is 9.26 Å². The quantitative estimate of drug-likeness (QED) is 0.665. The third-order valence-electron chi connectivity index (χ3n) is 1.19. The molecule has 0 spiro atoms. The first kappa shape index (κ1) is 7.43. The van der Waals surface area contributed by atoms with Crippen LogP contribution in [0, 0.1) is 4.84 Å². The molecule has 1 atom stereocenters. The molecule has 4 nitrogen and oxygen atoms in total. The number of H-pyrrole nitrogens is 1. The summed E-state index contributed by atoms with van der Waals surface area (Å²) in [6, 6.07) is 0. The van der Waals surface area contributed by atoms with E-state index in [1.807, 2.05) is 6.92 Å². The van der Waals surface area contributed by atoms with Crippen molar-refractivity contribution in [3.8, 4) is 0 Å². The topological polar surface area (TPSA) is 51.1 Å². The molecule has 0 aliphatic rings. The van der Waals surface area contributed by atoms with Crippen LogP contribution in [-0.2, 0) is 4.74 Å². The molecule has 0 aliphatic carbocycles. The molecule has 0 amide bonds. The van der Waals surface area contributed by atoms with E-state index >= 15 is 0 Å². The van der Waals surface area contributed by atoms with Gasteiger partial charge in [-0.2, -0.15) is 4.98 Å². The van der Waals surface area contributed by atoms with Crippen LogP contribution in [0.1, 0.15) is 18.9 Å². The van der Waals surface area contributed by atoms with Gasteiger partial charge in [-0.3, -0.25) is 0 Å². The molecular weight excluding hydrogens is 152 g/mol. The van der Waals surface area contributed by atoms with Crippen LogP contribution in [0.2, 0.25) is 0 Å². The molecule has 1 unspecified atom stereocenters. The van der Waals surface area contributed by atoms with Gasteiger partial charge in [-0.25, -0.2) is 5.16 Å². The van der Waals surface area contributed by atoms with Gasteiger partial charge in [0, 0.05) is 7.11 Å². The summed E-state index contributed by atoms with van der Waals surface area (Å²) < 4.78 is 9.64. The normalized spacial score (nSPS) is 13.4. The fraction of sp³-hybridized carbons (Fsp3) is 0.600. The minimum Gasteiger partial charge on any atom is -0.374 e. The second-order valence-corrected chi connectivity index (χ2v) is 2.19. The summed E-state index contributed by atoms with van der Waals surface area (Å²) in [5.41, 5.74) is 0. The summed E-state index contributed by atoms with van der Waals surface area (Å²) >= 11 is 4.64. The largest absolute Gasteiger partial charge is 0.374 e. The first-order valence-electron chi connectivity index (χ1n) is 2.82. The SMILES string of the molecule is COC(C)c1nc(=S)o[nH]1. The number of aromatic amines is 1. The molecule has 10 heavy (non-hydrogen) atoms. The summed E-state index contributed by atoms with van der Waals surface area (Å²) in [5.74, 6) is 0.618. The Bertz CT molecular complexity index is 254. The molecule has 1 aromatic heterocycles. The molecule has 0 radical (unpaired) electrons. The molecule has 5 heteroatoms. The van der Waals surface area contributed by atoms with Crippen molar-refractivity contribution in [2.75, 3.05) is 7.11 Å². The van der Waals surface area contributed by atoms with Crippen LogP contribution in [0.25, 0.3) is 0 Å². The van der Waals surface area contributed by atoms with E-state index in [0.717, 1.165) is 0 Å². The maximum Gasteiger partial charge on any atom is 0.314 e. The van der Waals surface area contributed by atoms with Crippen molar-refractivity contribution in [1.82, 2.24) is 10.1 Å². The van der Waals surface area contributed by atoms with Gasteiger partial charge in [-0.1, -0.05) is 0 Å². The first-order chi connectivity index (χ1) is 4.74. The Morgan fingerprint density at radius 1 is 1.80 bits per heavy atom. The number of nitrogens with one attached hydrogen (secondary N) is 1. The lowest BCUT2D eigenvalue weighted by Gasteiger charge is -2.01. The second-order valence-electron chi connectivity index (χ2n) is 1.85. The predicted octanol–water partition coefficient (Wildman–Crippen LogP) is 1.44. The molecule has 1 heterocycles. The van der Waals surface area contributed by atoms with Gasteiger partial charge < -0.3 is 9.26 Å². The standard InChI is InChI=1S/C5H8N2O2S/c1-3(8-2)4-6-5(10)9-7-4/h3H,1-2H3,(H,6,7,10). The molecule has 1 rings (SSSR count). The highest BCUT2D eigenvalue weighted by atomic mass is 32.1. The van der Waals surface area contributed by atoms with E-state index in [9.17, 15) is 0 Å².